The van der Waals surface area contributed by atoms with E-state index in [1.54, 1.807) is 39.0 Å². The van der Waals surface area contributed by atoms with Gasteiger partial charge in [0, 0.05) is 16.9 Å². The molecule has 0 atom stereocenters. The molecule has 0 fully saturated rings. The van der Waals surface area contributed by atoms with Crippen molar-refractivity contribution in [3.05, 3.63) is 53.6 Å². The third-order valence-corrected chi connectivity index (χ3v) is 5.81. The zero-order valence-electron chi connectivity index (χ0n) is 15.2. The van der Waals surface area contributed by atoms with Gasteiger partial charge in [-0.3, -0.25) is 4.79 Å². The molecular formula is C19H19N3O3S2. The lowest BCUT2D eigenvalue weighted by atomic mass is 10.1. The first-order chi connectivity index (χ1) is 13.1. The number of nitrogens with zero attached hydrogens (tertiary/aromatic N) is 2. The van der Waals surface area contributed by atoms with Crippen molar-refractivity contribution >= 4 is 39.7 Å². The largest absolute Gasteiger partial charge is 0.496 e. The van der Waals surface area contributed by atoms with Gasteiger partial charge in [0.15, 0.2) is 10.1 Å². The van der Waals surface area contributed by atoms with Crippen LogP contribution in [0.25, 0.3) is 0 Å². The van der Waals surface area contributed by atoms with Crippen LogP contribution in [0.15, 0.2) is 46.8 Å². The van der Waals surface area contributed by atoms with Crippen molar-refractivity contribution in [2.24, 2.45) is 0 Å². The summed E-state index contributed by atoms with van der Waals surface area (Å²) < 4.78 is 11.5. The number of ether oxygens (including phenoxy) is 2. The fourth-order valence-electron chi connectivity index (χ4n) is 2.43. The number of aromatic nitrogens is 2. The van der Waals surface area contributed by atoms with Crippen molar-refractivity contribution in [1.29, 1.82) is 0 Å². The fraction of sp³-hybridized carbons (Fsp3) is 0.211. The maximum absolute atomic E-state index is 11.6. The quantitative estimate of drug-likeness (QED) is 0.429. The molecule has 0 aliphatic rings. The van der Waals surface area contributed by atoms with Crippen LogP contribution in [0, 0.1) is 0 Å². The van der Waals surface area contributed by atoms with E-state index in [1.165, 1.54) is 11.3 Å². The van der Waals surface area contributed by atoms with Gasteiger partial charge in [-0.15, -0.1) is 10.2 Å². The summed E-state index contributed by atoms with van der Waals surface area (Å²) in [4.78, 5) is 11.6. The second-order valence-electron chi connectivity index (χ2n) is 5.57. The molecule has 3 rings (SSSR count). The van der Waals surface area contributed by atoms with Crippen LogP contribution in [0.4, 0.5) is 10.8 Å². The molecule has 1 N–H and O–H groups in total. The normalized spacial score (nSPS) is 10.5. The summed E-state index contributed by atoms with van der Waals surface area (Å²) in [6, 6.07) is 13.1. The Morgan fingerprint density at radius 1 is 1.11 bits per heavy atom. The fourth-order valence-corrected chi connectivity index (χ4v) is 4.17. The Morgan fingerprint density at radius 3 is 2.63 bits per heavy atom. The van der Waals surface area contributed by atoms with Crippen LogP contribution in [0.3, 0.4) is 0 Å². The number of rotatable bonds is 8. The Morgan fingerprint density at radius 2 is 1.89 bits per heavy atom. The van der Waals surface area contributed by atoms with Crippen molar-refractivity contribution in [2.45, 2.75) is 17.0 Å². The monoisotopic (exact) mass is 401 g/mol. The highest BCUT2D eigenvalue weighted by atomic mass is 32.2. The van der Waals surface area contributed by atoms with Gasteiger partial charge in [0.05, 0.1) is 19.9 Å². The molecule has 0 aliphatic heterocycles. The average molecular weight is 402 g/mol. The van der Waals surface area contributed by atoms with Crippen molar-refractivity contribution in [3.63, 3.8) is 0 Å². The zero-order chi connectivity index (χ0) is 19.2. The topological polar surface area (TPSA) is 73.3 Å². The lowest BCUT2D eigenvalue weighted by molar-refractivity contribution is 0.101. The second-order valence-corrected chi connectivity index (χ2v) is 7.77. The van der Waals surface area contributed by atoms with Crippen molar-refractivity contribution < 1.29 is 14.3 Å². The van der Waals surface area contributed by atoms with Crippen molar-refractivity contribution in [3.8, 4) is 11.5 Å². The first kappa shape index (κ1) is 19.2. The summed E-state index contributed by atoms with van der Waals surface area (Å²) in [5.41, 5.74) is 2.45. The summed E-state index contributed by atoms with van der Waals surface area (Å²) in [5, 5.41) is 12.3. The van der Waals surface area contributed by atoms with Crippen LogP contribution in [-0.2, 0) is 5.75 Å². The third-order valence-electron chi connectivity index (χ3n) is 3.79. The van der Waals surface area contributed by atoms with Gasteiger partial charge in [0.1, 0.15) is 11.5 Å². The molecule has 8 heteroatoms. The maximum atomic E-state index is 11.6. The van der Waals surface area contributed by atoms with Gasteiger partial charge in [0.25, 0.3) is 0 Å². The van der Waals surface area contributed by atoms with E-state index >= 15 is 0 Å². The molecule has 0 aliphatic carbocycles. The molecule has 2 aromatic carbocycles. The van der Waals surface area contributed by atoms with Gasteiger partial charge in [-0.1, -0.05) is 35.2 Å². The molecule has 0 spiro atoms. The minimum Gasteiger partial charge on any atom is -0.496 e. The maximum Gasteiger partial charge on any atom is 0.210 e. The Labute approximate surface area is 165 Å². The number of hydrogen-bond acceptors (Lipinski definition) is 8. The van der Waals surface area contributed by atoms with Gasteiger partial charge in [0.2, 0.25) is 5.13 Å². The molecule has 0 amide bonds. The van der Waals surface area contributed by atoms with Gasteiger partial charge in [-0.25, -0.2) is 0 Å². The average Bonchev–Trinajstić information content (AvgIpc) is 3.13. The SMILES string of the molecule is COc1ccc(C(C)=O)cc1CSc1nnc(Nc2ccccc2OC)s1. The molecule has 0 saturated carbocycles. The Balaban J connectivity index is 1.70. The molecule has 1 aromatic heterocycles. The molecule has 6 nitrogen and oxygen atoms in total. The molecule has 0 saturated heterocycles. The molecular weight excluding hydrogens is 382 g/mol. The molecule has 0 bridgehead atoms. The van der Waals surface area contributed by atoms with E-state index in [9.17, 15) is 4.79 Å². The first-order valence-corrected chi connectivity index (χ1v) is 9.95. The van der Waals surface area contributed by atoms with Crippen LogP contribution >= 0.6 is 23.1 Å². The standard InChI is InChI=1S/C19H19N3O3S2/c1-12(23)13-8-9-16(24-2)14(10-13)11-26-19-22-21-18(27-19)20-15-6-4-5-7-17(15)25-3/h4-10H,11H2,1-3H3,(H,20,21). The molecule has 27 heavy (non-hydrogen) atoms. The number of thioether (sulfide) groups is 1. The minimum atomic E-state index is 0.0307. The second kappa shape index (κ2) is 8.88. The number of para-hydroxylation sites is 2. The molecule has 3 aromatic rings. The summed E-state index contributed by atoms with van der Waals surface area (Å²) in [5.74, 6) is 2.16. The van der Waals surface area contributed by atoms with Gasteiger partial charge in [-0.2, -0.15) is 0 Å². The Hall–Kier alpha value is -2.58. The predicted octanol–water partition coefficient (Wildman–Crippen LogP) is 4.79. The Bertz CT molecular complexity index is 943. The van der Waals surface area contributed by atoms with Crippen molar-refractivity contribution in [2.75, 3.05) is 19.5 Å². The lowest BCUT2D eigenvalue weighted by Crippen LogP contribution is -1.96. The number of Topliss-reactive ketones (excluding diaryl/α,β-unsaturated/α-hetero) is 1. The summed E-state index contributed by atoms with van der Waals surface area (Å²) >= 11 is 3.00. The van der Waals surface area contributed by atoms with Crippen molar-refractivity contribution in [1.82, 2.24) is 10.2 Å². The smallest absolute Gasteiger partial charge is 0.210 e. The van der Waals surface area contributed by atoms with E-state index in [0.29, 0.717) is 16.4 Å². The number of nitrogens with one attached hydrogen (secondary N) is 1. The van der Waals surface area contributed by atoms with Gasteiger partial charge in [-0.05, 0) is 37.3 Å². The lowest BCUT2D eigenvalue weighted by Gasteiger charge is -2.08. The Kier molecular flexibility index (Phi) is 6.31. The predicted molar refractivity (Wildman–Crippen MR) is 109 cm³/mol. The number of anilines is 2. The van der Waals surface area contributed by atoms with E-state index in [2.05, 4.69) is 15.5 Å². The van der Waals surface area contributed by atoms with E-state index in [-0.39, 0.29) is 5.78 Å². The molecule has 0 radical (unpaired) electrons. The highest BCUT2D eigenvalue weighted by Gasteiger charge is 2.11. The number of hydrogen-bond donors (Lipinski definition) is 1. The van der Waals surface area contributed by atoms with Crippen LogP contribution in [-0.4, -0.2) is 30.2 Å². The summed E-state index contributed by atoms with van der Waals surface area (Å²) in [7, 11) is 3.25. The molecule has 0 unspecified atom stereocenters. The van der Waals surface area contributed by atoms with E-state index < -0.39 is 0 Å². The van der Waals surface area contributed by atoms with Crippen LogP contribution < -0.4 is 14.8 Å². The number of carbonyl (C=O) groups is 1. The van der Waals surface area contributed by atoms with Crippen LogP contribution in [0.5, 0.6) is 11.5 Å². The molecule has 1 heterocycles. The van der Waals surface area contributed by atoms with Crippen LogP contribution in [0.1, 0.15) is 22.8 Å². The van der Waals surface area contributed by atoms with Gasteiger partial charge >= 0.3 is 0 Å². The zero-order valence-corrected chi connectivity index (χ0v) is 16.8. The number of ketones is 1. The number of methoxy groups -OCH3 is 2. The highest BCUT2D eigenvalue weighted by Crippen LogP contribution is 2.34. The highest BCUT2D eigenvalue weighted by molar-refractivity contribution is 8.00. The van der Waals surface area contributed by atoms with Crippen LogP contribution in [0.2, 0.25) is 0 Å². The van der Waals surface area contributed by atoms with E-state index in [1.807, 2.05) is 36.4 Å². The summed E-state index contributed by atoms with van der Waals surface area (Å²) in [6.45, 7) is 1.55. The minimum absolute atomic E-state index is 0.0307. The van der Waals surface area contributed by atoms with Gasteiger partial charge < -0.3 is 14.8 Å². The van der Waals surface area contributed by atoms with E-state index in [0.717, 1.165) is 27.1 Å². The molecule has 140 valence electrons. The number of benzene rings is 2. The summed E-state index contributed by atoms with van der Waals surface area (Å²) in [6.07, 6.45) is 0. The first-order valence-electron chi connectivity index (χ1n) is 8.15. The number of carbonyl (C=O) groups excluding carboxylic acids is 1. The third kappa shape index (κ3) is 4.78. The van der Waals surface area contributed by atoms with E-state index in [4.69, 9.17) is 9.47 Å².